The lowest BCUT2D eigenvalue weighted by molar-refractivity contribution is -0.144. The Bertz CT molecular complexity index is 1310. The number of carboxylic acids is 1. The molecule has 10 heteroatoms. The van der Waals surface area contributed by atoms with Crippen LogP contribution in [0.15, 0.2) is 72.8 Å². The van der Waals surface area contributed by atoms with E-state index in [1.807, 2.05) is 12.1 Å². The minimum absolute atomic E-state index is 0.0349. The summed E-state index contributed by atoms with van der Waals surface area (Å²) in [5, 5.41) is 8.99. The Morgan fingerprint density at radius 1 is 0.895 bits per heavy atom. The number of aliphatic carboxylic acids is 1. The van der Waals surface area contributed by atoms with Crippen molar-refractivity contribution in [1.29, 1.82) is 0 Å². The normalized spacial score (nSPS) is 12.1. The molecule has 0 aliphatic rings. The second-order valence-electron chi connectivity index (χ2n) is 8.51. The Hall–Kier alpha value is -3.37. The molecular weight excluding hydrogens is 531 g/mol. The molecule has 0 radical (unpaired) electrons. The van der Waals surface area contributed by atoms with E-state index in [4.69, 9.17) is 8.92 Å². The highest BCUT2D eigenvalue weighted by Gasteiger charge is 2.18. The molecule has 202 valence electrons. The Morgan fingerprint density at radius 2 is 1.47 bits per heavy atom. The largest absolute Gasteiger partial charge is 0.480 e. The van der Waals surface area contributed by atoms with Crippen LogP contribution in [-0.4, -0.2) is 42.2 Å². The number of carbonyl (C=O) groups excluding carboxylic acids is 1. The zero-order chi connectivity index (χ0) is 27.5. The predicted octanol–water partition coefficient (Wildman–Crippen LogP) is 4.81. The Labute approximate surface area is 226 Å². The van der Waals surface area contributed by atoms with Crippen LogP contribution in [0, 0.1) is 5.82 Å². The minimum atomic E-state index is -3.60. The van der Waals surface area contributed by atoms with Gasteiger partial charge in [-0.25, -0.2) is 4.39 Å². The number of carboxylic acid groups (broad SMARTS) is 1. The fraction of sp³-hybridized carbons (Fsp3) is 0.286. The van der Waals surface area contributed by atoms with Crippen LogP contribution in [0.25, 0.3) is 0 Å². The number of carbonyl (C=O) groups is 2. The van der Waals surface area contributed by atoms with Crippen LogP contribution in [0.1, 0.15) is 29.2 Å². The number of hydrogen-bond acceptors (Lipinski definition) is 7. The number of ether oxygens (including phenoxy) is 1. The van der Waals surface area contributed by atoms with E-state index in [9.17, 15) is 27.5 Å². The van der Waals surface area contributed by atoms with E-state index in [1.54, 1.807) is 36.4 Å². The molecule has 1 atom stereocenters. The molecule has 7 nitrogen and oxygen atoms in total. The van der Waals surface area contributed by atoms with Crippen molar-refractivity contribution in [2.45, 2.75) is 38.0 Å². The summed E-state index contributed by atoms with van der Waals surface area (Å²) in [5.41, 5.74) is 3.22. The lowest BCUT2D eigenvalue weighted by Gasteiger charge is -2.13. The highest BCUT2D eigenvalue weighted by atomic mass is 32.2. The topological polar surface area (TPSA) is 107 Å². The van der Waals surface area contributed by atoms with E-state index in [-0.39, 0.29) is 30.3 Å². The molecule has 0 aliphatic heterocycles. The smallest absolute Gasteiger partial charge is 0.316 e. The van der Waals surface area contributed by atoms with Gasteiger partial charge in [-0.1, -0.05) is 48.5 Å². The standard InChI is InChI=1S/C28H29FO7S2/c1-2-38(33,34)36-25-13-9-23(10-14-25)19-35-27(30)18-22-5-3-21(4-6-22)17-26(28(31)32)37-16-15-20-7-11-24(29)12-8-20/h3-14,26H,2,15-19H2,1H3,(H,31,32). The quantitative estimate of drug-likeness (QED) is 0.221. The average Bonchev–Trinajstić information content (AvgIpc) is 2.89. The van der Waals surface area contributed by atoms with E-state index in [2.05, 4.69) is 0 Å². The second-order valence-corrected chi connectivity index (χ2v) is 11.7. The number of hydrogen-bond donors (Lipinski definition) is 1. The van der Waals surface area contributed by atoms with Gasteiger partial charge in [0.25, 0.3) is 0 Å². The summed E-state index contributed by atoms with van der Waals surface area (Å²) in [4.78, 5) is 24.0. The van der Waals surface area contributed by atoms with Gasteiger partial charge in [-0.05, 0) is 72.0 Å². The van der Waals surface area contributed by atoms with E-state index in [1.165, 1.54) is 43.0 Å². The van der Waals surface area contributed by atoms with Crippen molar-refractivity contribution >= 4 is 33.8 Å². The maximum absolute atomic E-state index is 13.0. The Morgan fingerprint density at radius 3 is 2.08 bits per heavy atom. The third-order valence-corrected chi connectivity index (χ3v) is 7.95. The monoisotopic (exact) mass is 560 g/mol. The van der Waals surface area contributed by atoms with Crippen LogP contribution in [0.5, 0.6) is 5.75 Å². The van der Waals surface area contributed by atoms with Crippen LogP contribution in [0.4, 0.5) is 4.39 Å². The molecule has 0 fully saturated rings. The number of halogens is 1. The predicted molar refractivity (Wildman–Crippen MR) is 144 cm³/mol. The molecule has 1 unspecified atom stereocenters. The van der Waals surface area contributed by atoms with Crippen LogP contribution in [0.2, 0.25) is 0 Å². The highest BCUT2D eigenvalue weighted by Crippen LogP contribution is 2.20. The van der Waals surface area contributed by atoms with E-state index in [0.29, 0.717) is 24.2 Å². The highest BCUT2D eigenvalue weighted by molar-refractivity contribution is 8.00. The first-order valence-electron chi connectivity index (χ1n) is 12.0. The number of esters is 1. The molecule has 0 bridgehead atoms. The summed E-state index contributed by atoms with van der Waals surface area (Å²) in [6.45, 7) is 1.52. The molecule has 1 N–H and O–H groups in total. The molecule has 0 amide bonds. The molecule has 0 heterocycles. The summed E-state index contributed by atoms with van der Waals surface area (Å²) in [7, 11) is -3.60. The first-order valence-corrected chi connectivity index (χ1v) is 14.6. The molecule has 0 aromatic heterocycles. The van der Waals surface area contributed by atoms with Crippen molar-refractivity contribution < 1.29 is 36.4 Å². The zero-order valence-corrected chi connectivity index (χ0v) is 22.5. The molecule has 0 aliphatic carbocycles. The number of benzene rings is 3. The van der Waals surface area contributed by atoms with Gasteiger partial charge in [0, 0.05) is 0 Å². The summed E-state index contributed by atoms with van der Waals surface area (Å²) in [6, 6.07) is 19.6. The summed E-state index contributed by atoms with van der Waals surface area (Å²) < 4.78 is 46.3. The van der Waals surface area contributed by atoms with Crippen LogP contribution in [-0.2, 0) is 50.3 Å². The summed E-state index contributed by atoms with van der Waals surface area (Å²) in [5.74, 6) is -0.963. The second kappa shape index (κ2) is 14.0. The van der Waals surface area contributed by atoms with E-state index >= 15 is 0 Å². The lowest BCUT2D eigenvalue weighted by Crippen LogP contribution is -2.20. The number of aryl methyl sites for hydroxylation is 1. The van der Waals surface area contributed by atoms with Crippen molar-refractivity contribution in [1.82, 2.24) is 0 Å². The first kappa shape index (κ1) is 29.2. The first-order chi connectivity index (χ1) is 18.1. The van der Waals surface area contributed by atoms with Crippen LogP contribution >= 0.6 is 11.8 Å². The maximum Gasteiger partial charge on any atom is 0.316 e. The maximum atomic E-state index is 13.0. The van der Waals surface area contributed by atoms with Gasteiger partial charge in [0.1, 0.15) is 23.4 Å². The van der Waals surface area contributed by atoms with Gasteiger partial charge in [-0.2, -0.15) is 8.42 Å². The molecule has 0 saturated carbocycles. The minimum Gasteiger partial charge on any atom is -0.480 e. The molecule has 3 aromatic rings. The number of thioether (sulfide) groups is 1. The average molecular weight is 561 g/mol. The fourth-order valence-electron chi connectivity index (χ4n) is 3.42. The Balaban J connectivity index is 1.44. The van der Waals surface area contributed by atoms with Gasteiger partial charge < -0.3 is 14.0 Å². The van der Waals surface area contributed by atoms with Gasteiger partial charge in [0.15, 0.2) is 0 Å². The lowest BCUT2D eigenvalue weighted by atomic mass is 10.1. The zero-order valence-electron chi connectivity index (χ0n) is 20.8. The van der Waals surface area contributed by atoms with Crippen LogP contribution in [0.3, 0.4) is 0 Å². The fourth-order valence-corrected chi connectivity index (χ4v) is 5.04. The van der Waals surface area contributed by atoms with Crippen molar-refractivity contribution in [2.75, 3.05) is 11.5 Å². The van der Waals surface area contributed by atoms with Gasteiger partial charge in [0.2, 0.25) is 0 Å². The molecule has 3 rings (SSSR count). The molecule has 3 aromatic carbocycles. The van der Waals surface area contributed by atoms with Gasteiger partial charge in [-0.3, -0.25) is 9.59 Å². The van der Waals surface area contributed by atoms with Crippen molar-refractivity contribution in [3.8, 4) is 5.75 Å². The third kappa shape index (κ3) is 9.83. The summed E-state index contributed by atoms with van der Waals surface area (Å²) in [6.07, 6.45) is 1.05. The van der Waals surface area contributed by atoms with Gasteiger partial charge >= 0.3 is 22.1 Å². The van der Waals surface area contributed by atoms with Gasteiger partial charge in [-0.15, -0.1) is 11.8 Å². The summed E-state index contributed by atoms with van der Waals surface area (Å²) >= 11 is 1.34. The molecule has 38 heavy (non-hydrogen) atoms. The molecule has 0 saturated heterocycles. The van der Waals surface area contributed by atoms with Crippen LogP contribution < -0.4 is 4.18 Å². The molecule has 0 spiro atoms. The van der Waals surface area contributed by atoms with Crippen molar-refractivity contribution in [3.05, 3.63) is 101 Å². The SMILES string of the molecule is CCS(=O)(=O)Oc1ccc(COC(=O)Cc2ccc(CC(SCCc3ccc(F)cc3)C(=O)O)cc2)cc1. The molecular formula is C28H29FO7S2. The van der Waals surface area contributed by atoms with Gasteiger partial charge in [0.05, 0.1) is 12.2 Å². The Kier molecular flexibility index (Phi) is 10.7. The number of rotatable bonds is 14. The van der Waals surface area contributed by atoms with E-state index in [0.717, 1.165) is 16.7 Å². The van der Waals surface area contributed by atoms with Crippen molar-refractivity contribution in [2.24, 2.45) is 0 Å². The van der Waals surface area contributed by atoms with E-state index < -0.39 is 27.3 Å². The van der Waals surface area contributed by atoms with Crippen molar-refractivity contribution in [3.63, 3.8) is 0 Å². The third-order valence-electron chi connectivity index (χ3n) is 5.59.